The number of terminal acetylenes is 1. The van der Waals surface area contributed by atoms with Crippen LogP contribution in [-0.4, -0.2) is 41.7 Å². The second-order valence-corrected chi connectivity index (χ2v) is 9.08. The number of aromatic nitrogens is 3. The van der Waals surface area contributed by atoms with Crippen LogP contribution in [0.15, 0.2) is 36.4 Å². The molecule has 35 heavy (non-hydrogen) atoms. The minimum atomic E-state index is -0.375. The summed E-state index contributed by atoms with van der Waals surface area (Å²) in [5.41, 5.74) is 2.89. The van der Waals surface area contributed by atoms with Gasteiger partial charge in [0.1, 0.15) is 22.9 Å². The molecule has 1 amide bonds. The maximum Gasteiger partial charge on any atom is 0.278 e. The minimum absolute atomic E-state index is 0.139. The molecule has 1 N–H and O–H groups in total. The standard InChI is InChI=1S/C27H32N4O4/c1-8-9-10-13-35-22-15-19(27(3,4)5)14-20(16-22)28-26(32)25-18(2)31(30-29-25)23-17-21(33-6)11-12-24(23)34-7/h1,11-12,14-17H,9-10,13H2,2-7H3,(H,28,32). The van der Waals surface area contributed by atoms with E-state index in [0.29, 0.717) is 47.3 Å². The number of hydrogen-bond donors (Lipinski definition) is 1. The number of nitrogens with one attached hydrogen (secondary N) is 1. The Bertz CT molecular complexity index is 1230. The van der Waals surface area contributed by atoms with Gasteiger partial charge in [-0.05, 0) is 48.6 Å². The van der Waals surface area contributed by atoms with Crippen molar-refractivity contribution in [3.05, 3.63) is 53.3 Å². The molecule has 0 saturated heterocycles. The van der Waals surface area contributed by atoms with E-state index in [4.69, 9.17) is 20.6 Å². The van der Waals surface area contributed by atoms with E-state index in [1.807, 2.05) is 12.1 Å². The summed E-state index contributed by atoms with van der Waals surface area (Å²) in [6.07, 6.45) is 6.73. The van der Waals surface area contributed by atoms with Gasteiger partial charge >= 0.3 is 0 Å². The fourth-order valence-corrected chi connectivity index (χ4v) is 3.47. The van der Waals surface area contributed by atoms with Crippen LogP contribution >= 0.6 is 0 Å². The summed E-state index contributed by atoms with van der Waals surface area (Å²) in [7, 11) is 3.15. The lowest BCUT2D eigenvalue weighted by atomic mass is 9.86. The summed E-state index contributed by atoms with van der Waals surface area (Å²) < 4.78 is 18.2. The van der Waals surface area contributed by atoms with Gasteiger partial charge in [0.15, 0.2) is 5.69 Å². The van der Waals surface area contributed by atoms with Crippen LogP contribution in [0.5, 0.6) is 17.2 Å². The zero-order valence-corrected chi connectivity index (χ0v) is 21.1. The van der Waals surface area contributed by atoms with Crippen LogP contribution in [0.4, 0.5) is 5.69 Å². The van der Waals surface area contributed by atoms with Crippen molar-refractivity contribution in [3.63, 3.8) is 0 Å². The molecule has 0 saturated carbocycles. The first-order valence-electron chi connectivity index (χ1n) is 11.4. The second-order valence-electron chi connectivity index (χ2n) is 9.08. The van der Waals surface area contributed by atoms with Crippen molar-refractivity contribution < 1.29 is 19.0 Å². The van der Waals surface area contributed by atoms with E-state index in [1.54, 1.807) is 50.1 Å². The third-order valence-corrected chi connectivity index (χ3v) is 5.49. The molecule has 3 aromatic rings. The van der Waals surface area contributed by atoms with E-state index >= 15 is 0 Å². The molecule has 0 bridgehead atoms. The van der Waals surface area contributed by atoms with E-state index < -0.39 is 0 Å². The largest absolute Gasteiger partial charge is 0.497 e. The lowest BCUT2D eigenvalue weighted by molar-refractivity contribution is 0.102. The van der Waals surface area contributed by atoms with Gasteiger partial charge in [0, 0.05) is 24.2 Å². The second kappa shape index (κ2) is 11.0. The van der Waals surface area contributed by atoms with Crippen molar-refractivity contribution in [2.45, 2.75) is 46.0 Å². The van der Waals surface area contributed by atoms with Gasteiger partial charge < -0.3 is 19.5 Å². The van der Waals surface area contributed by atoms with Gasteiger partial charge in [0.25, 0.3) is 5.91 Å². The predicted molar refractivity (Wildman–Crippen MR) is 136 cm³/mol. The lowest BCUT2D eigenvalue weighted by Crippen LogP contribution is -2.16. The normalized spacial score (nSPS) is 11.0. The predicted octanol–water partition coefficient (Wildman–Crippen LogP) is 4.93. The monoisotopic (exact) mass is 476 g/mol. The fourth-order valence-electron chi connectivity index (χ4n) is 3.47. The molecule has 184 valence electrons. The van der Waals surface area contributed by atoms with Gasteiger partial charge in [-0.1, -0.05) is 26.0 Å². The molecule has 0 unspecified atom stereocenters. The highest BCUT2D eigenvalue weighted by molar-refractivity contribution is 6.03. The zero-order chi connectivity index (χ0) is 25.6. The van der Waals surface area contributed by atoms with Gasteiger partial charge in [-0.25, -0.2) is 4.68 Å². The first kappa shape index (κ1) is 25.6. The smallest absolute Gasteiger partial charge is 0.278 e. The maximum absolute atomic E-state index is 13.2. The minimum Gasteiger partial charge on any atom is -0.497 e. The third kappa shape index (κ3) is 6.12. The van der Waals surface area contributed by atoms with Crippen molar-refractivity contribution >= 4 is 11.6 Å². The molecule has 2 aromatic carbocycles. The quantitative estimate of drug-likeness (QED) is 0.348. The number of nitrogens with zero attached hydrogens (tertiary/aromatic N) is 3. The highest BCUT2D eigenvalue weighted by Gasteiger charge is 2.21. The summed E-state index contributed by atoms with van der Waals surface area (Å²) in [6, 6.07) is 11.1. The zero-order valence-electron chi connectivity index (χ0n) is 21.1. The van der Waals surface area contributed by atoms with Crippen LogP contribution in [0.1, 0.15) is 55.4 Å². The van der Waals surface area contributed by atoms with Crippen molar-refractivity contribution in [2.75, 3.05) is 26.1 Å². The lowest BCUT2D eigenvalue weighted by Gasteiger charge is -2.21. The van der Waals surface area contributed by atoms with Gasteiger partial charge in [-0.2, -0.15) is 0 Å². The summed E-state index contributed by atoms with van der Waals surface area (Å²) in [5.74, 6) is 4.12. The Morgan fingerprint density at radius 2 is 1.89 bits per heavy atom. The first-order valence-corrected chi connectivity index (χ1v) is 11.4. The highest BCUT2D eigenvalue weighted by atomic mass is 16.5. The van der Waals surface area contributed by atoms with Crippen molar-refractivity contribution in [3.8, 4) is 35.3 Å². The van der Waals surface area contributed by atoms with Crippen LogP contribution in [0, 0.1) is 19.3 Å². The number of ether oxygens (including phenoxy) is 3. The Balaban J connectivity index is 1.89. The topological polar surface area (TPSA) is 87.5 Å². The average molecular weight is 477 g/mol. The molecular formula is C27H32N4O4. The number of unbranched alkanes of at least 4 members (excludes halogenated alkanes) is 1. The van der Waals surface area contributed by atoms with E-state index in [9.17, 15) is 4.79 Å². The fraction of sp³-hybridized carbons (Fsp3) is 0.370. The molecule has 0 aliphatic carbocycles. The Morgan fingerprint density at radius 3 is 2.54 bits per heavy atom. The first-order chi connectivity index (χ1) is 16.7. The van der Waals surface area contributed by atoms with E-state index in [2.05, 4.69) is 42.3 Å². The average Bonchev–Trinajstić information content (AvgIpc) is 3.22. The Labute approximate surface area is 206 Å². The molecule has 8 heteroatoms. The number of anilines is 1. The Kier molecular flexibility index (Phi) is 8.02. The summed E-state index contributed by atoms with van der Waals surface area (Å²) >= 11 is 0. The number of hydrogen-bond acceptors (Lipinski definition) is 6. The molecular weight excluding hydrogens is 444 g/mol. The maximum atomic E-state index is 13.2. The van der Waals surface area contributed by atoms with Crippen LogP contribution < -0.4 is 19.5 Å². The Hall–Kier alpha value is -3.99. The van der Waals surface area contributed by atoms with Crippen molar-refractivity contribution in [2.24, 2.45) is 0 Å². The Morgan fingerprint density at radius 1 is 1.11 bits per heavy atom. The summed E-state index contributed by atoms with van der Waals surface area (Å²) in [5, 5.41) is 11.3. The number of amides is 1. The van der Waals surface area contributed by atoms with Crippen LogP contribution in [0.25, 0.3) is 5.69 Å². The molecule has 0 radical (unpaired) electrons. The molecule has 0 spiro atoms. The molecule has 0 aliphatic heterocycles. The number of carbonyl (C=O) groups is 1. The summed E-state index contributed by atoms with van der Waals surface area (Å²) in [4.78, 5) is 13.2. The highest BCUT2D eigenvalue weighted by Crippen LogP contribution is 2.31. The van der Waals surface area contributed by atoms with E-state index in [-0.39, 0.29) is 17.0 Å². The molecule has 0 aliphatic rings. The molecule has 8 nitrogen and oxygen atoms in total. The number of carbonyl (C=O) groups excluding carboxylic acids is 1. The molecule has 0 fully saturated rings. The van der Waals surface area contributed by atoms with E-state index in [0.717, 1.165) is 12.0 Å². The SMILES string of the molecule is C#CCCCOc1cc(NC(=O)c2nnn(-c3cc(OC)ccc3OC)c2C)cc(C(C)(C)C)c1. The molecule has 0 atom stereocenters. The third-order valence-electron chi connectivity index (χ3n) is 5.49. The van der Waals surface area contributed by atoms with Gasteiger partial charge in [0.2, 0.25) is 0 Å². The van der Waals surface area contributed by atoms with Crippen LogP contribution in [-0.2, 0) is 5.41 Å². The van der Waals surface area contributed by atoms with Crippen molar-refractivity contribution in [1.29, 1.82) is 0 Å². The van der Waals surface area contributed by atoms with Gasteiger partial charge in [-0.3, -0.25) is 4.79 Å². The molecule has 1 heterocycles. The van der Waals surface area contributed by atoms with E-state index in [1.165, 1.54) is 0 Å². The van der Waals surface area contributed by atoms with Crippen LogP contribution in [0.2, 0.25) is 0 Å². The number of benzene rings is 2. The van der Waals surface area contributed by atoms with Crippen LogP contribution in [0.3, 0.4) is 0 Å². The number of methoxy groups -OCH3 is 2. The van der Waals surface area contributed by atoms with Crippen molar-refractivity contribution in [1.82, 2.24) is 15.0 Å². The molecule has 1 aromatic heterocycles. The van der Waals surface area contributed by atoms with Gasteiger partial charge in [-0.15, -0.1) is 17.4 Å². The summed E-state index contributed by atoms with van der Waals surface area (Å²) in [6.45, 7) is 8.59. The number of rotatable bonds is 9. The molecule has 3 rings (SSSR count). The van der Waals surface area contributed by atoms with Gasteiger partial charge in [0.05, 0.1) is 26.5 Å².